The Kier molecular flexibility index (Phi) is 7.91. The molecule has 1 aliphatic carbocycles. The van der Waals surface area contributed by atoms with Crippen molar-refractivity contribution in [1.29, 1.82) is 0 Å². The summed E-state index contributed by atoms with van der Waals surface area (Å²) in [7, 11) is -4.41. The molecule has 2 aliphatic heterocycles. The Hall–Kier alpha value is -2.67. The Morgan fingerprint density at radius 3 is 2.38 bits per heavy atom. The maximum Gasteiger partial charge on any atom is 0.410 e. The molecule has 0 bridgehead atoms. The number of rotatable bonds is 7. The van der Waals surface area contributed by atoms with Crippen molar-refractivity contribution in [2.24, 2.45) is 0 Å². The highest BCUT2D eigenvalue weighted by molar-refractivity contribution is 7.89. The third-order valence-electron chi connectivity index (χ3n) is 7.96. The summed E-state index contributed by atoms with van der Waals surface area (Å²) >= 11 is 0. The summed E-state index contributed by atoms with van der Waals surface area (Å²) in [5.74, 6) is -2.98. The minimum absolute atomic E-state index is 0.0317. The number of piperazine rings is 1. The maximum absolute atomic E-state index is 14.2. The summed E-state index contributed by atoms with van der Waals surface area (Å²) in [6.45, 7) is 2.57. The first-order chi connectivity index (χ1) is 18.6. The molecule has 0 unspecified atom stereocenters. The first-order valence-corrected chi connectivity index (χ1v) is 14.6. The van der Waals surface area contributed by atoms with Crippen molar-refractivity contribution >= 4 is 16.1 Å². The van der Waals surface area contributed by atoms with Gasteiger partial charge in [-0.2, -0.15) is 4.31 Å². The van der Waals surface area contributed by atoms with Crippen LogP contribution in [-0.2, 0) is 14.8 Å². The number of hydrogen-bond acceptors (Lipinski definition) is 6. The highest BCUT2D eigenvalue weighted by atomic mass is 32.2. The molecule has 2 heterocycles. The zero-order valence-corrected chi connectivity index (χ0v) is 22.3. The molecule has 3 aliphatic rings. The number of aliphatic hydroxyl groups excluding tert-OH is 1. The van der Waals surface area contributed by atoms with Crippen LogP contribution in [0.3, 0.4) is 0 Å². The largest absolute Gasteiger partial charge is 0.441 e. The van der Waals surface area contributed by atoms with Gasteiger partial charge in [0.15, 0.2) is 11.6 Å². The molecule has 12 heteroatoms. The zero-order chi connectivity index (χ0) is 27.8. The van der Waals surface area contributed by atoms with E-state index >= 15 is 0 Å². The van der Waals surface area contributed by atoms with Gasteiger partial charge in [0.2, 0.25) is 10.0 Å². The van der Waals surface area contributed by atoms with Crippen LogP contribution in [-0.4, -0.2) is 84.7 Å². The highest BCUT2D eigenvalue weighted by Crippen LogP contribution is 2.52. The molecule has 212 valence electrons. The van der Waals surface area contributed by atoms with Gasteiger partial charge < -0.3 is 14.7 Å². The van der Waals surface area contributed by atoms with E-state index in [4.69, 9.17) is 9.84 Å². The van der Waals surface area contributed by atoms with Crippen LogP contribution in [0.25, 0.3) is 0 Å². The van der Waals surface area contributed by atoms with Gasteiger partial charge in [-0.25, -0.2) is 26.4 Å². The molecule has 2 aromatic carbocycles. The molecular formula is C27H32F3N3O5S. The summed E-state index contributed by atoms with van der Waals surface area (Å²) in [6, 6.07) is 6.56. The Morgan fingerprint density at radius 2 is 1.74 bits per heavy atom. The topological polar surface area (TPSA) is 90.4 Å². The van der Waals surface area contributed by atoms with Crippen LogP contribution in [0, 0.1) is 17.5 Å². The molecule has 0 spiro atoms. The lowest BCUT2D eigenvalue weighted by molar-refractivity contribution is -0.0145. The van der Waals surface area contributed by atoms with Gasteiger partial charge in [-0.15, -0.1) is 0 Å². The predicted molar refractivity (Wildman–Crippen MR) is 136 cm³/mol. The predicted octanol–water partition coefficient (Wildman–Crippen LogP) is 3.67. The van der Waals surface area contributed by atoms with Crippen LogP contribution < -0.4 is 0 Å². The van der Waals surface area contributed by atoms with Crippen molar-refractivity contribution in [3.63, 3.8) is 0 Å². The third-order valence-corrected chi connectivity index (χ3v) is 9.87. The molecule has 39 heavy (non-hydrogen) atoms. The van der Waals surface area contributed by atoms with E-state index in [0.29, 0.717) is 76.5 Å². The lowest BCUT2D eigenvalue weighted by atomic mass is 9.90. The number of aliphatic hydroxyl groups is 1. The lowest BCUT2D eigenvalue weighted by Crippen LogP contribution is -2.55. The maximum atomic E-state index is 14.2. The van der Waals surface area contributed by atoms with Crippen LogP contribution >= 0.6 is 0 Å². The van der Waals surface area contributed by atoms with Gasteiger partial charge in [-0.1, -0.05) is 12.1 Å². The van der Waals surface area contributed by atoms with E-state index in [1.54, 1.807) is 11.0 Å². The van der Waals surface area contributed by atoms with Gasteiger partial charge in [-0.3, -0.25) is 4.90 Å². The van der Waals surface area contributed by atoms with Crippen molar-refractivity contribution in [2.45, 2.75) is 54.7 Å². The second kappa shape index (κ2) is 11.1. The van der Waals surface area contributed by atoms with Gasteiger partial charge in [0, 0.05) is 32.7 Å². The second-order valence-electron chi connectivity index (χ2n) is 10.4. The first-order valence-electron chi connectivity index (χ1n) is 13.2. The number of piperidine rings is 1. The fourth-order valence-electron chi connectivity index (χ4n) is 5.75. The van der Waals surface area contributed by atoms with Crippen LogP contribution in [0.2, 0.25) is 0 Å². The van der Waals surface area contributed by atoms with Crippen molar-refractivity contribution < 1.29 is 36.2 Å². The molecule has 8 nitrogen and oxygen atoms in total. The molecule has 1 saturated carbocycles. The van der Waals surface area contributed by atoms with E-state index in [2.05, 4.69) is 0 Å². The van der Waals surface area contributed by atoms with Gasteiger partial charge >= 0.3 is 6.09 Å². The Morgan fingerprint density at radius 1 is 1.00 bits per heavy atom. The van der Waals surface area contributed by atoms with Crippen molar-refractivity contribution in [3.8, 4) is 0 Å². The molecule has 1 N–H and O–H groups in total. The summed E-state index contributed by atoms with van der Waals surface area (Å²) in [5, 5.41) is 9.16. The van der Waals surface area contributed by atoms with E-state index < -0.39 is 56.1 Å². The zero-order valence-electron chi connectivity index (χ0n) is 21.4. The summed E-state index contributed by atoms with van der Waals surface area (Å²) in [5.41, 5.74) is -0.635. The number of nitrogens with zero attached hydrogens (tertiary/aromatic N) is 3. The number of halogens is 3. The Balaban J connectivity index is 1.46. The average Bonchev–Trinajstić information content (AvgIpc) is 3.70. The quantitative estimate of drug-likeness (QED) is 0.549. The van der Waals surface area contributed by atoms with Gasteiger partial charge in [-0.05, 0) is 68.0 Å². The lowest BCUT2D eigenvalue weighted by Gasteiger charge is -2.45. The molecule has 2 aromatic rings. The molecule has 0 aromatic heterocycles. The molecular weight excluding hydrogens is 535 g/mol. The number of hydrogen-bond donors (Lipinski definition) is 1. The minimum Gasteiger partial charge on any atom is -0.441 e. The molecule has 2 saturated heterocycles. The van der Waals surface area contributed by atoms with E-state index in [-0.39, 0.29) is 6.61 Å². The molecule has 3 fully saturated rings. The number of amides is 1. The van der Waals surface area contributed by atoms with E-state index in [9.17, 15) is 26.4 Å². The van der Waals surface area contributed by atoms with E-state index in [1.165, 1.54) is 22.5 Å². The summed E-state index contributed by atoms with van der Waals surface area (Å²) < 4.78 is 77.4. The molecule has 5 rings (SSSR count). The first kappa shape index (κ1) is 27.9. The number of carbonyl (C=O) groups excluding carboxylic acids is 1. The smallest absolute Gasteiger partial charge is 0.410 e. The molecule has 0 radical (unpaired) electrons. The average molecular weight is 568 g/mol. The van der Waals surface area contributed by atoms with E-state index in [0.717, 1.165) is 12.1 Å². The third kappa shape index (κ3) is 5.65. The van der Waals surface area contributed by atoms with Crippen LogP contribution in [0.5, 0.6) is 0 Å². The van der Waals surface area contributed by atoms with Crippen LogP contribution in [0.4, 0.5) is 18.0 Å². The fourth-order valence-corrected chi connectivity index (χ4v) is 7.68. The minimum atomic E-state index is -4.41. The SMILES string of the molecule is O=C(OC1([C@H]2CCC[C@@H](c3cccc(F)c3)N2S(=O)(=O)c2ccc(F)c(F)c2)CC1)N1CCN(CCO)CC1. The number of carbonyl (C=O) groups is 1. The van der Waals surface area contributed by atoms with Crippen molar-refractivity contribution in [1.82, 2.24) is 14.1 Å². The number of ether oxygens (including phenoxy) is 1. The fraction of sp³-hybridized carbons (Fsp3) is 0.519. The summed E-state index contributed by atoms with van der Waals surface area (Å²) in [4.78, 5) is 16.4. The highest BCUT2D eigenvalue weighted by Gasteiger charge is 2.60. The van der Waals surface area contributed by atoms with Gasteiger partial charge in [0.25, 0.3) is 0 Å². The van der Waals surface area contributed by atoms with Crippen molar-refractivity contribution in [3.05, 3.63) is 65.5 Å². The number of sulfonamides is 1. The molecule has 2 atom stereocenters. The summed E-state index contributed by atoms with van der Waals surface area (Å²) in [6.07, 6.45) is 1.76. The Bertz CT molecular complexity index is 1320. The van der Waals surface area contributed by atoms with E-state index in [1.807, 2.05) is 4.90 Å². The number of β-amino-alcohol motifs (C(OH)–C–C–N with tert-alkyl or cyclic N) is 1. The monoisotopic (exact) mass is 567 g/mol. The van der Waals surface area contributed by atoms with Crippen molar-refractivity contribution in [2.75, 3.05) is 39.3 Å². The van der Waals surface area contributed by atoms with Gasteiger partial charge in [0.1, 0.15) is 11.4 Å². The standard InChI is InChI=1S/C27H32F3N3O5S/c28-20-4-1-3-19(17-20)24-5-2-6-25(33(24)39(36,37)21-7-8-22(29)23(30)18-21)27(9-10-27)38-26(35)32-13-11-31(12-14-32)15-16-34/h1,3-4,7-8,17-18,24-25,34H,2,5-6,9-16H2/t24-,25+/m0/s1. The second-order valence-corrected chi connectivity index (χ2v) is 12.3. The van der Waals surface area contributed by atoms with Gasteiger partial charge in [0.05, 0.1) is 23.6 Å². The van der Waals surface area contributed by atoms with Crippen LogP contribution in [0.15, 0.2) is 47.4 Å². The molecule has 1 amide bonds. The number of benzene rings is 2. The Labute approximate surface area is 226 Å². The van der Waals surface area contributed by atoms with Crippen LogP contribution in [0.1, 0.15) is 43.7 Å². The normalized spacial score (nSPS) is 23.9.